The number of hydrogen-bond donors (Lipinski definition) is 2. The zero-order chi connectivity index (χ0) is 14.6. The number of carbonyl (C=O) groups is 1. The average Bonchev–Trinajstić information content (AvgIpc) is 2.48. The molecule has 2 N–H and O–H groups in total. The molecular formula is C15H25N3OS. The molecule has 4 nitrogen and oxygen atoms in total. The van der Waals surface area contributed by atoms with Crippen molar-refractivity contribution < 1.29 is 4.79 Å². The SMILES string of the molecule is CCCNc1cnccc1C(=O)NCCCCCSC. The van der Waals surface area contributed by atoms with Crippen molar-refractivity contribution >= 4 is 23.4 Å². The molecule has 0 unspecified atom stereocenters. The van der Waals surface area contributed by atoms with Gasteiger partial charge >= 0.3 is 0 Å². The van der Waals surface area contributed by atoms with E-state index in [1.54, 1.807) is 18.5 Å². The second kappa shape index (κ2) is 10.5. The fraction of sp³-hybridized carbons (Fsp3) is 0.600. The van der Waals surface area contributed by atoms with Crippen LogP contribution >= 0.6 is 11.8 Å². The van der Waals surface area contributed by atoms with Crippen LogP contribution in [0.3, 0.4) is 0 Å². The van der Waals surface area contributed by atoms with Crippen LogP contribution < -0.4 is 10.6 Å². The largest absolute Gasteiger partial charge is 0.383 e. The van der Waals surface area contributed by atoms with Crippen molar-refractivity contribution in [1.82, 2.24) is 10.3 Å². The summed E-state index contributed by atoms with van der Waals surface area (Å²) in [6.07, 6.45) is 9.93. The molecule has 1 aromatic rings. The number of thioether (sulfide) groups is 1. The summed E-state index contributed by atoms with van der Waals surface area (Å²) in [6.45, 7) is 3.68. The smallest absolute Gasteiger partial charge is 0.253 e. The van der Waals surface area contributed by atoms with E-state index in [1.807, 2.05) is 11.8 Å². The van der Waals surface area contributed by atoms with Gasteiger partial charge in [0.05, 0.1) is 17.4 Å². The standard InChI is InChI=1S/C15H25N3OS/c1-3-8-17-14-12-16-10-7-13(14)15(19)18-9-5-4-6-11-20-2/h7,10,12,17H,3-6,8-9,11H2,1-2H3,(H,18,19). The van der Waals surface area contributed by atoms with Crippen molar-refractivity contribution in [2.75, 3.05) is 30.4 Å². The van der Waals surface area contributed by atoms with Crippen LogP contribution in [0.4, 0.5) is 5.69 Å². The van der Waals surface area contributed by atoms with E-state index in [1.165, 1.54) is 18.6 Å². The number of carbonyl (C=O) groups excluding carboxylic acids is 1. The van der Waals surface area contributed by atoms with Crippen molar-refractivity contribution in [3.63, 3.8) is 0 Å². The van der Waals surface area contributed by atoms with Gasteiger partial charge in [0, 0.05) is 19.3 Å². The molecule has 1 aromatic heterocycles. The van der Waals surface area contributed by atoms with Crippen LogP contribution in [-0.4, -0.2) is 36.0 Å². The van der Waals surface area contributed by atoms with Gasteiger partial charge in [-0.05, 0) is 37.3 Å². The quantitative estimate of drug-likeness (QED) is 0.651. The minimum Gasteiger partial charge on any atom is -0.383 e. The highest BCUT2D eigenvalue weighted by atomic mass is 32.2. The fourth-order valence-corrected chi connectivity index (χ4v) is 2.33. The van der Waals surface area contributed by atoms with Crippen molar-refractivity contribution in [2.24, 2.45) is 0 Å². The lowest BCUT2D eigenvalue weighted by Crippen LogP contribution is -2.25. The van der Waals surface area contributed by atoms with Gasteiger partial charge in [0.1, 0.15) is 0 Å². The van der Waals surface area contributed by atoms with Crippen molar-refractivity contribution in [3.05, 3.63) is 24.0 Å². The summed E-state index contributed by atoms with van der Waals surface area (Å²) in [4.78, 5) is 16.2. The molecule has 0 saturated heterocycles. The highest BCUT2D eigenvalue weighted by molar-refractivity contribution is 7.98. The number of rotatable bonds is 10. The third-order valence-electron chi connectivity index (χ3n) is 2.94. The molecule has 0 atom stereocenters. The third kappa shape index (κ3) is 6.28. The number of pyridine rings is 1. The van der Waals surface area contributed by atoms with Crippen LogP contribution in [0, 0.1) is 0 Å². The van der Waals surface area contributed by atoms with E-state index in [0.717, 1.165) is 31.6 Å². The van der Waals surface area contributed by atoms with Crippen molar-refractivity contribution in [1.29, 1.82) is 0 Å². The monoisotopic (exact) mass is 295 g/mol. The Morgan fingerprint density at radius 3 is 2.90 bits per heavy atom. The highest BCUT2D eigenvalue weighted by Gasteiger charge is 2.10. The van der Waals surface area contributed by atoms with Crippen LogP contribution in [0.25, 0.3) is 0 Å². The summed E-state index contributed by atoms with van der Waals surface area (Å²) in [5, 5.41) is 6.22. The van der Waals surface area contributed by atoms with E-state index in [2.05, 4.69) is 28.8 Å². The maximum Gasteiger partial charge on any atom is 0.253 e. The molecule has 0 spiro atoms. The lowest BCUT2D eigenvalue weighted by atomic mass is 10.2. The topological polar surface area (TPSA) is 54.0 Å². The van der Waals surface area contributed by atoms with Gasteiger partial charge in [-0.25, -0.2) is 0 Å². The van der Waals surface area contributed by atoms with Gasteiger partial charge in [-0.1, -0.05) is 13.3 Å². The molecule has 20 heavy (non-hydrogen) atoms. The Kier molecular flexibility index (Phi) is 8.87. The second-order valence-electron chi connectivity index (χ2n) is 4.66. The highest BCUT2D eigenvalue weighted by Crippen LogP contribution is 2.13. The van der Waals surface area contributed by atoms with Crippen LogP contribution in [0.15, 0.2) is 18.5 Å². The van der Waals surface area contributed by atoms with Crippen LogP contribution in [0.1, 0.15) is 43.0 Å². The minimum absolute atomic E-state index is 0.0177. The molecule has 112 valence electrons. The maximum absolute atomic E-state index is 12.1. The fourth-order valence-electron chi connectivity index (χ4n) is 1.84. The molecule has 1 amide bonds. The van der Waals surface area contributed by atoms with Gasteiger partial charge < -0.3 is 10.6 Å². The number of amides is 1. The first-order valence-corrected chi connectivity index (χ1v) is 8.64. The molecule has 0 aliphatic carbocycles. The molecule has 0 radical (unpaired) electrons. The summed E-state index contributed by atoms with van der Waals surface area (Å²) in [5.74, 6) is 1.18. The third-order valence-corrected chi connectivity index (χ3v) is 3.64. The Balaban J connectivity index is 2.38. The Morgan fingerprint density at radius 1 is 1.30 bits per heavy atom. The Hall–Kier alpha value is -1.23. The van der Waals surface area contributed by atoms with E-state index < -0.39 is 0 Å². The number of anilines is 1. The Labute approximate surface area is 126 Å². The van der Waals surface area contributed by atoms with Crippen molar-refractivity contribution in [2.45, 2.75) is 32.6 Å². The van der Waals surface area contributed by atoms with E-state index in [4.69, 9.17) is 0 Å². The van der Waals surface area contributed by atoms with Gasteiger partial charge in [0.2, 0.25) is 0 Å². The molecule has 0 aliphatic heterocycles. The van der Waals surface area contributed by atoms with Gasteiger partial charge in [-0.2, -0.15) is 11.8 Å². The lowest BCUT2D eigenvalue weighted by Gasteiger charge is -2.11. The van der Waals surface area contributed by atoms with Gasteiger partial charge in [-0.15, -0.1) is 0 Å². The van der Waals surface area contributed by atoms with Crippen LogP contribution in [0.2, 0.25) is 0 Å². The maximum atomic E-state index is 12.1. The molecule has 0 aliphatic rings. The van der Waals surface area contributed by atoms with Crippen LogP contribution in [-0.2, 0) is 0 Å². The zero-order valence-corrected chi connectivity index (χ0v) is 13.3. The molecule has 0 saturated carbocycles. The number of nitrogens with one attached hydrogen (secondary N) is 2. The minimum atomic E-state index is -0.0177. The van der Waals surface area contributed by atoms with E-state index in [9.17, 15) is 4.79 Å². The Bertz CT molecular complexity index is 398. The first kappa shape index (κ1) is 16.8. The molecule has 0 fully saturated rings. The van der Waals surface area contributed by atoms with Crippen molar-refractivity contribution in [3.8, 4) is 0 Å². The molecular weight excluding hydrogens is 270 g/mol. The van der Waals surface area contributed by atoms with Gasteiger partial charge in [-0.3, -0.25) is 9.78 Å². The van der Waals surface area contributed by atoms with Gasteiger partial charge in [0.25, 0.3) is 5.91 Å². The number of hydrogen-bond acceptors (Lipinski definition) is 4. The Morgan fingerprint density at radius 2 is 2.15 bits per heavy atom. The molecule has 1 heterocycles. The first-order valence-electron chi connectivity index (χ1n) is 7.24. The van der Waals surface area contributed by atoms with Gasteiger partial charge in [0.15, 0.2) is 0 Å². The predicted molar refractivity (Wildman–Crippen MR) is 87.6 cm³/mol. The van der Waals surface area contributed by atoms with Crippen LogP contribution in [0.5, 0.6) is 0 Å². The zero-order valence-electron chi connectivity index (χ0n) is 12.4. The first-order chi connectivity index (χ1) is 9.79. The number of unbranched alkanes of at least 4 members (excludes halogenated alkanes) is 2. The molecule has 0 aromatic carbocycles. The summed E-state index contributed by atoms with van der Waals surface area (Å²) in [6, 6.07) is 1.76. The lowest BCUT2D eigenvalue weighted by molar-refractivity contribution is 0.0953. The predicted octanol–water partition coefficient (Wildman–Crippen LogP) is 3.17. The normalized spacial score (nSPS) is 10.3. The summed E-state index contributed by atoms with van der Waals surface area (Å²) < 4.78 is 0. The molecule has 0 bridgehead atoms. The average molecular weight is 295 g/mol. The van der Waals surface area contributed by atoms with E-state index in [0.29, 0.717) is 5.56 Å². The summed E-state index contributed by atoms with van der Waals surface area (Å²) in [7, 11) is 0. The molecule has 5 heteroatoms. The number of aromatic nitrogens is 1. The second-order valence-corrected chi connectivity index (χ2v) is 5.64. The van der Waals surface area contributed by atoms with E-state index >= 15 is 0 Å². The number of nitrogens with zero attached hydrogens (tertiary/aromatic N) is 1. The molecule has 1 rings (SSSR count). The summed E-state index contributed by atoms with van der Waals surface area (Å²) in [5.41, 5.74) is 1.49. The van der Waals surface area contributed by atoms with E-state index in [-0.39, 0.29) is 5.91 Å². The summed E-state index contributed by atoms with van der Waals surface area (Å²) >= 11 is 1.87.